The number of rotatable bonds is 7. The fraction of sp³-hybridized carbons (Fsp3) is 0.167. The molecule has 3 aromatic carbocycles. The highest BCUT2D eigenvalue weighted by Crippen LogP contribution is 2.25. The second-order valence-corrected chi connectivity index (χ2v) is 6.51. The van der Waals surface area contributed by atoms with Crippen molar-refractivity contribution in [2.45, 2.75) is 6.92 Å². The second-order valence-electron chi connectivity index (χ2n) is 6.51. The number of carbonyl (C=O) groups excluding carboxylic acids is 2. The number of ketones is 1. The van der Waals surface area contributed by atoms with E-state index in [1.807, 2.05) is 43.3 Å². The van der Waals surface area contributed by atoms with Crippen molar-refractivity contribution in [2.24, 2.45) is 0 Å². The van der Waals surface area contributed by atoms with Crippen molar-refractivity contribution in [3.05, 3.63) is 83.4 Å². The van der Waals surface area contributed by atoms with Crippen LogP contribution < -0.4 is 9.47 Å². The van der Waals surface area contributed by atoms with Crippen molar-refractivity contribution in [3.63, 3.8) is 0 Å². The van der Waals surface area contributed by atoms with E-state index in [2.05, 4.69) is 0 Å². The first kappa shape index (κ1) is 20.1. The van der Waals surface area contributed by atoms with E-state index >= 15 is 0 Å². The molecule has 0 amide bonds. The Balaban J connectivity index is 1.65. The molecular formula is C24H22O5. The van der Waals surface area contributed by atoms with Crippen LogP contribution in [0, 0.1) is 6.92 Å². The van der Waals surface area contributed by atoms with Crippen LogP contribution in [-0.4, -0.2) is 32.6 Å². The molecule has 0 saturated heterocycles. The molecule has 0 fully saturated rings. The molecule has 5 heteroatoms. The van der Waals surface area contributed by atoms with Crippen molar-refractivity contribution in [3.8, 4) is 22.6 Å². The average molecular weight is 390 g/mol. The summed E-state index contributed by atoms with van der Waals surface area (Å²) < 4.78 is 15.5. The summed E-state index contributed by atoms with van der Waals surface area (Å²) in [5.41, 5.74) is 3.97. The van der Waals surface area contributed by atoms with E-state index in [1.54, 1.807) is 30.3 Å². The number of ether oxygens (including phenoxy) is 3. The molecule has 0 saturated carbocycles. The Bertz CT molecular complexity index is 1000. The first-order valence-corrected chi connectivity index (χ1v) is 9.11. The highest BCUT2D eigenvalue weighted by atomic mass is 16.5. The predicted octanol–water partition coefficient (Wildman–Crippen LogP) is 4.72. The minimum absolute atomic E-state index is 0.329. The van der Waals surface area contributed by atoms with Gasteiger partial charge in [-0.15, -0.1) is 0 Å². The van der Waals surface area contributed by atoms with E-state index in [4.69, 9.17) is 14.2 Å². The van der Waals surface area contributed by atoms with Gasteiger partial charge in [0.05, 0.1) is 25.3 Å². The van der Waals surface area contributed by atoms with E-state index in [0.29, 0.717) is 22.6 Å². The van der Waals surface area contributed by atoms with Gasteiger partial charge in [-0.25, -0.2) is 4.79 Å². The van der Waals surface area contributed by atoms with Crippen LogP contribution in [0.2, 0.25) is 0 Å². The van der Waals surface area contributed by atoms with E-state index in [0.717, 1.165) is 11.1 Å². The van der Waals surface area contributed by atoms with Crippen LogP contribution in [0.1, 0.15) is 26.3 Å². The molecule has 0 aliphatic rings. The summed E-state index contributed by atoms with van der Waals surface area (Å²) in [6.45, 7) is 1.66. The number of aryl methyl sites for hydroxylation is 1. The SMILES string of the molecule is COc1ccc(C(=O)COC(=O)c2ccc(-c3ccc(C)cc3)cc2)c(OC)c1. The Labute approximate surface area is 169 Å². The van der Waals surface area contributed by atoms with Crippen molar-refractivity contribution < 1.29 is 23.8 Å². The predicted molar refractivity (Wildman–Crippen MR) is 111 cm³/mol. The summed E-state index contributed by atoms with van der Waals surface area (Å²) >= 11 is 0. The van der Waals surface area contributed by atoms with E-state index in [9.17, 15) is 9.59 Å². The molecule has 0 aromatic heterocycles. The van der Waals surface area contributed by atoms with Crippen LogP contribution >= 0.6 is 0 Å². The highest BCUT2D eigenvalue weighted by molar-refractivity contribution is 6.01. The quantitative estimate of drug-likeness (QED) is 0.432. The molecule has 0 bridgehead atoms. The second kappa shape index (κ2) is 9.06. The summed E-state index contributed by atoms with van der Waals surface area (Å²) in [5.74, 6) is 0.0346. The van der Waals surface area contributed by atoms with Gasteiger partial charge in [0.25, 0.3) is 0 Å². The van der Waals surface area contributed by atoms with Crippen molar-refractivity contribution in [1.29, 1.82) is 0 Å². The van der Waals surface area contributed by atoms with Gasteiger partial charge < -0.3 is 14.2 Å². The van der Waals surface area contributed by atoms with Gasteiger partial charge in [-0.2, -0.15) is 0 Å². The third-order valence-electron chi connectivity index (χ3n) is 4.55. The molecule has 0 aliphatic heterocycles. The summed E-state index contributed by atoms with van der Waals surface area (Å²) in [4.78, 5) is 24.7. The lowest BCUT2D eigenvalue weighted by atomic mass is 10.0. The minimum Gasteiger partial charge on any atom is -0.497 e. The molecule has 0 radical (unpaired) electrons. The zero-order valence-electron chi connectivity index (χ0n) is 16.6. The van der Waals surface area contributed by atoms with Gasteiger partial charge in [0, 0.05) is 6.07 Å². The maximum atomic E-state index is 12.4. The molecule has 0 aliphatic carbocycles. The Kier molecular flexibility index (Phi) is 6.29. The zero-order valence-corrected chi connectivity index (χ0v) is 16.6. The smallest absolute Gasteiger partial charge is 0.338 e. The molecular weight excluding hydrogens is 368 g/mol. The van der Waals surface area contributed by atoms with Crippen molar-refractivity contribution in [2.75, 3.05) is 20.8 Å². The summed E-state index contributed by atoms with van der Waals surface area (Å²) in [7, 11) is 3.00. The molecule has 3 aromatic rings. The molecule has 0 atom stereocenters. The lowest BCUT2D eigenvalue weighted by Crippen LogP contribution is -2.15. The van der Waals surface area contributed by atoms with Gasteiger partial charge in [0.2, 0.25) is 5.78 Å². The van der Waals surface area contributed by atoms with Crippen LogP contribution in [0.25, 0.3) is 11.1 Å². The standard InChI is InChI=1S/C24H22O5/c1-16-4-6-17(7-5-16)18-8-10-19(11-9-18)24(26)29-15-22(25)21-13-12-20(27-2)14-23(21)28-3/h4-14H,15H2,1-3H3. The van der Waals surface area contributed by atoms with Gasteiger partial charge >= 0.3 is 5.97 Å². The number of Topliss-reactive ketones (excluding diaryl/α,β-unsaturated/α-hetero) is 1. The Hall–Kier alpha value is -3.60. The monoisotopic (exact) mass is 390 g/mol. The fourth-order valence-electron chi connectivity index (χ4n) is 2.87. The van der Waals surface area contributed by atoms with Crippen LogP contribution in [0.15, 0.2) is 66.7 Å². The fourth-order valence-corrected chi connectivity index (χ4v) is 2.87. The lowest BCUT2D eigenvalue weighted by molar-refractivity contribution is 0.0474. The number of carbonyl (C=O) groups is 2. The van der Waals surface area contributed by atoms with Gasteiger partial charge in [0.1, 0.15) is 11.5 Å². The van der Waals surface area contributed by atoms with E-state index in [1.165, 1.54) is 19.8 Å². The van der Waals surface area contributed by atoms with Gasteiger partial charge in [-0.1, -0.05) is 42.0 Å². The molecule has 29 heavy (non-hydrogen) atoms. The first-order valence-electron chi connectivity index (χ1n) is 9.11. The molecule has 0 heterocycles. The topological polar surface area (TPSA) is 61.8 Å². The normalized spacial score (nSPS) is 10.3. The number of esters is 1. The van der Waals surface area contributed by atoms with E-state index in [-0.39, 0.29) is 12.4 Å². The van der Waals surface area contributed by atoms with Gasteiger partial charge in [0.15, 0.2) is 6.61 Å². The molecule has 3 rings (SSSR count). The van der Waals surface area contributed by atoms with Crippen LogP contribution in [0.4, 0.5) is 0 Å². The molecule has 0 spiro atoms. The number of hydrogen-bond acceptors (Lipinski definition) is 5. The average Bonchev–Trinajstić information content (AvgIpc) is 2.77. The minimum atomic E-state index is -0.554. The maximum absolute atomic E-state index is 12.4. The van der Waals surface area contributed by atoms with Gasteiger partial charge in [-0.3, -0.25) is 4.79 Å². The molecule has 5 nitrogen and oxygen atoms in total. The third-order valence-corrected chi connectivity index (χ3v) is 4.55. The summed E-state index contributed by atoms with van der Waals surface area (Å²) in [5, 5.41) is 0. The van der Waals surface area contributed by atoms with Crippen LogP contribution in [0.3, 0.4) is 0 Å². The molecule has 148 valence electrons. The zero-order chi connectivity index (χ0) is 20.8. The highest BCUT2D eigenvalue weighted by Gasteiger charge is 2.16. The third kappa shape index (κ3) is 4.82. The molecule has 0 unspecified atom stereocenters. The summed E-state index contributed by atoms with van der Waals surface area (Å²) in [6, 6.07) is 20.1. The number of methoxy groups -OCH3 is 2. The Morgan fingerprint density at radius 3 is 2.00 bits per heavy atom. The number of hydrogen-bond donors (Lipinski definition) is 0. The van der Waals surface area contributed by atoms with Crippen molar-refractivity contribution in [1.82, 2.24) is 0 Å². The van der Waals surface area contributed by atoms with Crippen LogP contribution in [0.5, 0.6) is 11.5 Å². The van der Waals surface area contributed by atoms with Crippen molar-refractivity contribution >= 4 is 11.8 Å². The largest absolute Gasteiger partial charge is 0.497 e. The van der Waals surface area contributed by atoms with Gasteiger partial charge in [-0.05, 0) is 42.3 Å². The Morgan fingerprint density at radius 2 is 1.41 bits per heavy atom. The van der Waals surface area contributed by atoms with Crippen LogP contribution in [-0.2, 0) is 4.74 Å². The lowest BCUT2D eigenvalue weighted by Gasteiger charge is -2.10. The summed E-state index contributed by atoms with van der Waals surface area (Å²) in [6.07, 6.45) is 0. The maximum Gasteiger partial charge on any atom is 0.338 e. The Morgan fingerprint density at radius 1 is 0.793 bits per heavy atom. The number of benzene rings is 3. The molecule has 0 N–H and O–H groups in total. The van der Waals surface area contributed by atoms with E-state index < -0.39 is 5.97 Å². The first-order chi connectivity index (χ1) is 14.0.